The maximum absolute atomic E-state index is 11.7. The maximum atomic E-state index is 11.7. The maximum Gasteiger partial charge on any atom is 0.273 e. The summed E-state index contributed by atoms with van der Waals surface area (Å²) in [5.74, 6) is -0.230. The van der Waals surface area contributed by atoms with Crippen molar-refractivity contribution >= 4 is 17.3 Å². The Bertz CT molecular complexity index is 505. The van der Waals surface area contributed by atoms with Gasteiger partial charge in [0, 0.05) is 17.6 Å². The van der Waals surface area contributed by atoms with E-state index in [-0.39, 0.29) is 5.91 Å². The molecule has 0 atom stereocenters. The van der Waals surface area contributed by atoms with Gasteiger partial charge in [-0.1, -0.05) is 6.07 Å². The molecule has 0 aliphatic carbocycles. The van der Waals surface area contributed by atoms with E-state index in [0.29, 0.717) is 17.1 Å². The summed E-state index contributed by atoms with van der Waals surface area (Å²) in [5.41, 5.74) is 8.35. The van der Waals surface area contributed by atoms with Crippen molar-refractivity contribution in [1.29, 1.82) is 0 Å². The van der Waals surface area contributed by atoms with E-state index in [0.717, 1.165) is 5.56 Å². The highest BCUT2D eigenvalue weighted by molar-refractivity contribution is 6.03. The number of nitrogens with one attached hydrogen (secondary N) is 2. The fourth-order valence-electron chi connectivity index (χ4n) is 1.35. The van der Waals surface area contributed by atoms with Crippen molar-refractivity contribution in [3.05, 3.63) is 41.7 Å². The molecule has 1 aromatic carbocycles. The van der Waals surface area contributed by atoms with E-state index in [1.165, 1.54) is 6.20 Å². The van der Waals surface area contributed by atoms with Crippen LogP contribution in [-0.2, 0) is 0 Å². The number of nitrogens with two attached hydrogens (primary N) is 1. The summed E-state index contributed by atoms with van der Waals surface area (Å²) < 4.78 is 0. The summed E-state index contributed by atoms with van der Waals surface area (Å²) in [6.07, 6.45) is 1.53. The number of hydrogen-bond donors (Lipinski definition) is 3. The Hall–Kier alpha value is -2.30. The lowest BCUT2D eigenvalue weighted by atomic mass is 10.2. The van der Waals surface area contributed by atoms with Crippen molar-refractivity contribution in [2.24, 2.45) is 0 Å². The third-order valence-electron chi connectivity index (χ3n) is 2.26. The summed E-state index contributed by atoms with van der Waals surface area (Å²) >= 11 is 0. The van der Waals surface area contributed by atoms with Crippen molar-refractivity contribution in [3.8, 4) is 0 Å². The molecule has 0 aliphatic heterocycles. The Labute approximate surface area is 92.7 Å². The minimum Gasteiger partial charge on any atom is -0.399 e. The number of anilines is 2. The minimum atomic E-state index is -0.230. The van der Waals surface area contributed by atoms with E-state index in [1.54, 1.807) is 18.2 Å². The second-order valence-electron chi connectivity index (χ2n) is 3.50. The van der Waals surface area contributed by atoms with E-state index in [9.17, 15) is 4.79 Å². The molecule has 2 aromatic rings. The van der Waals surface area contributed by atoms with E-state index in [4.69, 9.17) is 5.73 Å². The molecule has 1 heterocycles. The van der Waals surface area contributed by atoms with Gasteiger partial charge in [-0.05, 0) is 30.7 Å². The van der Waals surface area contributed by atoms with Crippen LogP contribution >= 0.6 is 0 Å². The molecule has 4 N–H and O–H groups in total. The summed E-state index contributed by atoms with van der Waals surface area (Å²) in [5, 5.41) is 9.08. The number of aryl methyl sites for hydroxylation is 1. The average Bonchev–Trinajstić information content (AvgIpc) is 2.76. The van der Waals surface area contributed by atoms with Gasteiger partial charge < -0.3 is 11.1 Å². The number of H-pyrrole nitrogens is 1. The smallest absolute Gasteiger partial charge is 0.273 e. The van der Waals surface area contributed by atoms with Gasteiger partial charge in [-0.25, -0.2) is 0 Å². The average molecular weight is 216 g/mol. The van der Waals surface area contributed by atoms with E-state index in [2.05, 4.69) is 15.5 Å². The molecule has 1 amide bonds. The fourth-order valence-corrected chi connectivity index (χ4v) is 1.35. The van der Waals surface area contributed by atoms with E-state index >= 15 is 0 Å². The van der Waals surface area contributed by atoms with Crippen LogP contribution in [0.15, 0.2) is 30.5 Å². The Kier molecular flexibility index (Phi) is 2.59. The van der Waals surface area contributed by atoms with Gasteiger partial charge in [0.1, 0.15) is 5.69 Å². The van der Waals surface area contributed by atoms with Crippen molar-refractivity contribution in [2.75, 3.05) is 11.1 Å². The highest BCUT2D eigenvalue weighted by Crippen LogP contribution is 2.18. The number of aromatic amines is 1. The molecular formula is C11H12N4O. The van der Waals surface area contributed by atoms with Gasteiger partial charge in [-0.15, -0.1) is 0 Å². The highest BCUT2D eigenvalue weighted by atomic mass is 16.1. The molecular weight excluding hydrogens is 204 g/mol. The Morgan fingerprint density at radius 1 is 1.44 bits per heavy atom. The first-order valence-corrected chi connectivity index (χ1v) is 4.83. The van der Waals surface area contributed by atoms with Crippen LogP contribution < -0.4 is 11.1 Å². The van der Waals surface area contributed by atoms with Crippen LogP contribution in [0.4, 0.5) is 11.4 Å². The van der Waals surface area contributed by atoms with Gasteiger partial charge in [0.05, 0.1) is 0 Å². The number of rotatable bonds is 2. The number of hydrogen-bond acceptors (Lipinski definition) is 3. The Morgan fingerprint density at radius 3 is 2.94 bits per heavy atom. The van der Waals surface area contributed by atoms with Gasteiger partial charge in [0.2, 0.25) is 0 Å². The molecule has 0 saturated carbocycles. The van der Waals surface area contributed by atoms with Gasteiger partial charge in [-0.2, -0.15) is 5.10 Å². The molecule has 0 bridgehead atoms. The molecule has 2 rings (SSSR count). The molecule has 0 unspecified atom stereocenters. The first-order valence-electron chi connectivity index (χ1n) is 4.83. The number of nitrogen functional groups attached to an aromatic ring is 1. The molecule has 0 saturated heterocycles. The lowest BCUT2D eigenvalue weighted by molar-refractivity contribution is 0.102. The lowest BCUT2D eigenvalue weighted by Crippen LogP contribution is -2.13. The predicted molar refractivity (Wildman–Crippen MR) is 62.1 cm³/mol. The predicted octanol–water partition coefficient (Wildman–Crippen LogP) is 1.55. The zero-order chi connectivity index (χ0) is 11.5. The fraction of sp³-hybridized carbons (Fsp3) is 0.0909. The van der Waals surface area contributed by atoms with Crippen molar-refractivity contribution in [2.45, 2.75) is 6.92 Å². The summed E-state index contributed by atoms with van der Waals surface area (Å²) in [7, 11) is 0. The molecule has 1 aromatic heterocycles. The van der Waals surface area contributed by atoms with Gasteiger partial charge in [-0.3, -0.25) is 9.89 Å². The first kappa shape index (κ1) is 10.2. The quantitative estimate of drug-likeness (QED) is 0.666. The van der Waals surface area contributed by atoms with Crippen molar-refractivity contribution in [3.63, 3.8) is 0 Å². The largest absolute Gasteiger partial charge is 0.399 e. The number of carbonyl (C=O) groups excluding carboxylic acids is 1. The van der Waals surface area contributed by atoms with Crippen LogP contribution in [0, 0.1) is 6.92 Å². The number of nitrogens with zero attached hydrogens (tertiary/aromatic N) is 1. The molecule has 5 heteroatoms. The normalized spacial score (nSPS) is 10.1. The van der Waals surface area contributed by atoms with Gasteiger partial charge in [0.25, 0.3) is 5.91 Å². The second kappa shape index (κ2) is 4.06. The molecule has 16 heavy (non-hydrogen) atoms. The topological polar surface area (TPSA) is 83.8 Å². The van der Waals surface area contributed by atoms with Crippen LogP contribution in [0.2, 0.25) is 0 Å². The summed E-state index contributed by atoms with van der Waals surface area (Å²) in [6, 6.07) is 6.99. The minimum absolute atomic E-state index is 0.230. The monoisotopic (exact) mass is 216 g/mol. The van der Waals surface area contributed by atoms with Crippen LogP contribution in [0.3, 0.4) is 0 Å². The van der Waals surface area contributed by atoms with E-state index < -0.39 is 0 Å². The van der Waals surface area contributed by atoms with Crippen LogP contribution in [0.5, 0.6) is 0 Å². The standard InChI is InChI=1S/C11H12N4O/c1-7-2-3-8(12)6-10(7)14-11(16)9-4-5-13-15-9/h2-6H,12H2,1H3,(H,13,15)(H,14,16). The number of aromatic nitrogens is 2. The highest BCUT2D eigenvalue weighted by Gasteiger charge is 2.08. The SMILES string of the molecule is Cc1ccc(N)cc1NC(=O)c1ccn[nH]1. The molecule has 82 valence electrons. The van der Waals surface area contributed by atoms with Crippen LogP contribution in [0.1, 0.15) is 16.1 Å². The summed E-state index contributed by atoms with van der Waals surface area (Å²) in [4.78, 5) is 11.7. The van der Waals surface area contributed by atoms with Crippen molar-refractivity contribution < 1.29 is 4.79 Å². The van der Waals surface area contributed by atoms with Crippen molar-refractivity contribution in [1.82, 2.24) is 10.2 Å². The second-order valence-corrected chi connectivity index (χ2v) is 3.50. The zero-order valence-electron chi connectivity index (χ0n) is 8.82. The van der Waals surface area contributed by atoms with Gasteiger partial charge in [0.15, 0.2) is 0 Å². The van der Waals surface area contributed by atoms with Crippen LogP contribution in [0.25, 0.3) is 0 Å². The van der Waals surface area contributed by atoms with Crippen LogP contribution in [-0.4, -0.2) is 16.1 Å². The molecule has 0 spiro atoms. The molecule has 0 radical (unpaired) electrons. The zero-order valence-corrected chi connectivity index (χ0v) is 8.82. The Morgan fingerprint density at radius 2 is 2.25 bits per heavy atom. The molecule has 0 fully saturated rings. The third-order valence-corrected chi connectivity index (χ3v) is 2.26. The first-order chi connectivity index (χ1) is 7.66. The molecule has 0 aliphatic rings. The summed E-state index contributed by atoms with van der Waals surface area (Å²) in [6.45, 7) is 1.90. The lowest BCUT2D eigenvalue weighted by Gasteiger charge is -2.07. The number of carbonyl (C=O) groups is 1. The Balaban J connectivity index is 2.21. The van der Waals surface area contributed by atoms with E-state index in [1.807, 2.05) is 13.0 Å². The number of benzene rings is 1. The molecule has 5 nitrogen and oxygen atoms in total. The number of amides is 1. The third kappa shape index (κ3) is 2.03. The van der Waals surface area contributed by atoms with Gasteiger partial charge >= 0.3 is 0 Å².